The van der Waals surface area contributed by atoms with Crippen LogP contribution in [0, 0.1) is 5.92 Å². The van der Waals surface area contributed by atoms with Gasteiger partial charge in [0.2, 0.25) is 0 Å². The lowest BCUT2D eigenvalue weighted by atomic mass is 9.81. The second kappa shape index (κ2) is 9.31. The maximum absolute atomic E-state index is 13.2. The predicted molar refractivity (Wildman–Crippen MR) is 109 cm³/mol. The Kier molecular flexibility index (Phi) is 8.00. The van der Waals surface area contributed by atoms with E-state index in [0.717, 1.165) is 31.4 Å². The van der Waals surface area contributed by atoms with Crippen molar-refractivity contribution in [1.82, 2.24) is 0 Å². The van der Waals surface area contributed by atoms with E-state index >= 15 is 0 Å². The number of quaternary nitrogens is 1. The van der Waals surface area contributed by atoms with Gasteiger partial charge in [0.1, 0.15) is 19.6 Å². The maximum Gasteiger partial charge on any atom is 0.515 e. The molecule has 2 rings (SSSR count). The molecule has 1 fully saturated rings. The molecular formula is C18H27F3INO4P+. The van der Waals surface area contributed by atoms with Crippen LogP contribution in [0.2, 0.25) is 0 Å². The molecule has 160 valence electrons. The summed E-state index contributed by atoms with van der Waals surface area (Å²) in [5.41, 5.74) is -0.185. The molecule has 0 saturated carbocycles. The van der Waals surface area contributed by atoms with Crippen LogP contribution in [0.25, 0.3) is 0 Å². The number of hydrogen-bond donors (Lipinski definition) is 2. The fourth-order valence-corrected chi connectivity index (χ4v) is 5.88. The Hall–Kier alpha value is -0.190. The first-order valence-corrected chi connectivity index (χ1v) is 12.1. The van der Waals surface area contributed by atoms with Crippen molar-refractivity contribution in [3.05, 3.63) is 35.4 Å². The molecule has 0 bridgehead atoms. The fourth-order valence-electron chi connectivity index (χ4n) is 3.95. The smallest absolute Gasteiger partial charge is 0.300 e. The number of likely N-dealkylation sites (N-methyl/N-ethyl adjacent to an activating group) is 1. The largest absolute Gasteiger partial charge is 0.515 e. The number of alkyl halides is 4. The van der Waals surface area contributed by atoms with Gasteiger partial charge in [-0.1, -0.05) is 65.2 Å². The number of unbranched alkanes of at least 4 members (excludes halogenated alkanes) is 1. The highest BCUT2D eigenvalue weighted by molar-refractivity contribution is 14.1. The summed E-state index contributed by atoms with van der Waals surface area (Å²) in [6.07, 6.45) is -1.69. The first-order valence-electron chi connectivity index (χ1n) is 9.35. The molecule has 4 unspecified atom stereocenters. The van der Waals surface area contributed by atoms with E-state index in [4.69, 9.17) is 4.62 Å². The number of piperidine rings is 1. The van der Waals surface area contributed by atoms with Crippen LogP contribution < -0.4 is 0 Å². The first-order chi connectivity index (χ1) is 12.9. The molecule has 1 aromatic rings. The second-order valence-electron chi connectivity index (χ2n) is 7.39. The van der Waals surface area contributed by atoms with Crippen molar-refractivity contribution < 1.29 is 36.8 Å². The quantitative estimate of drug-likeness (QED) is 0.216. The third-order valence-electron chi connectivity index (χ3n) is 5.36. The average Bonchev–Trinajstić information content (AvgIpc) is 2.60. The van der Waals surface area contributed by atoms with Gasteiger partial charge in [-0.3, -0.25) is 9.79 Å². The van der Waals surface area contributed by atoms with Crippen LogP contribution in [0.1, 0.15) is 50.2 Å². The van der Waals surface area contributed by atoms with Gasteiger partial charge in [-0.2, -0.15) is 17.8 Å². The maximum atomic E-state index is 13.2. The highest BCUT2D eigenvalue weighted by Gasteiger charge is 2.49. The fraction of sp³-hybridized carbons (Fsp3) is 0.667. The molecule has 1 saturated heterocycles. The van der Waals surface area contributed by atoms with Gasteiger partial charge in [-0.25, -0.2) is 4.57 Å². The van der Waals surface area contributed by atoms with E-state index in [9.17, 15) is 27.5 Å². The topological polar surface area (TPSA) is 66.8 Å². The molecule has 0 aliphatic carbocycles. The van der Waals surface area contributed by atoms with Gasteiger partial charge in [0.15, 0.2) is 0 Å². The van der Waals surface area contributed by atoms with Crippen molar-refractivity contribution in [2.75, 3.05) is 19.6 Å². The molecule has 28 heavy (non-hydrogen) atoms. The highest BCUT2D eigenvalue weighted by Crippen LogP contribution is 2.48. The van der Waals surface area contributed by atoms with Crippen LogP contribution in [0.3, 0.4) is 0 Å². The summed E-state index contributed by atoms with van der Waals surface area (Å²) in [6, 6.07) is 5.24. The van der Waals surface area contributed by atoms with E-state index in [1.807, 2.05) is 0 Å². The molecule has 5 nitrogen and oxygen atoms in total. The Balaban J connectivity index is 2.44. The van der Waals surface area contributed by atoms with Gasteiger partial charge < -0.3 is 0 Å². The van der Waals surface area contributed by atoms with Crippen molar-refractivity contribution >= 4 is 30.4 Å². The number of nitrogens with zero attached hydrogens (tertiary/aromatic N) is 1. The number of phosphoric acid groups is 1. The molecular weight excluding hydrogens is 509 g/mol. The van der Waals surface area contributed by atoms with E-state index in [0.29, 0.717) is 18.7 Å². The summed E-state index contributed by atoms with van der Waals surface area (Å²) >= 11 is 2.29. The lowest BCUT2D eigenvalue weighted by Gasteiger charge is -2.46. The molecule has 2 N–H and O–H groups in total. The molecule has 1 aliphatic rings. The lowest BCUT2D eigenvalue weighted by Crippen LogP contribution is -2.58. The van der Waals surface area contributed by atoms with E-state index in [1.165, 1.54) is 6.07 Å². The predicted octanol–water partition coefficient (Wildman–Crippen LogP) is 5.27. The third-order valence-corrected chi connectivity index (χ3v) is 7.80. The van der Waals surface area contributed by atoms with Crippen LogP contribution >= 0.6 is 30.4 Å². The number of hydrogen-bond acceptors (Lipinski definition) is 2. The van der Waals surface area contributed by atoms with Gasteiger partial charge in [0.25, 0.3) is 0 Å². The van der Waals surface area contributed by atoms with E-state index in [1.54, 1.807) is 13.0 Å². The Morgan fingerprint density at radius 2 is 1.96 bits per heavy atom. The van der Waals surface area contributed by atoms with Crippen molar-refractivity contribution in [1.29, 1.82) is 0 Å². The second-order valence-corrected chi connectivity index (χ2v) is 9.97. The SMILES string of the molecule is CCCCC1C[N+](CC)(OP(=O)(O)O)CC(c2cccc(C(F)(F)F)c2)C1I. The Bertz CT molecular complexity index is 714. The van der Waals surface area contributed by atoms with Gasteiger partial charge in [-0.05, 0) is 25.0 Å². The zero-order valence-electron chi connectivity index (χ0n) is 15.9. The van der Waals surface area contributed by atoms with Crippen molar-refractivity contribution in [2.24, 2.45) is 5.92 Å². The van der Waals surface area contributed by atoms with Gasteiger partial charge in [-0.15, -0.1) is 0 Å². The first kappa shape index (κ1) is 24.1. The van der Waals surface area contributed by atoms with Crippen molar-refractivity contribution in [3.8, 4) is 0 Å². The molecule has 0 radical (unpaired) electrons. The molecule has 1 aliphatic heterocycles. The van der Waals surface area contributed by atoms with Crippen molar-refractivity contribution in [2.45, 2.75) is 49.1 Å². The standard InChI is InChI=1S/C18H26F3INO4P/c1-3-5-7-14-11-23(4-2,27-28(24,25)26)12-16(17(14)22)13-8-6-9-15(10-13)18(19,20)21/h6,8-10,14,16-17H,3-5,7,11-12H2,1-2H3,(H-,24,25,26)/p+1. The van der Waals surface area contributed by atoms with Crippen LogP contribution in [-0.4, -0.2) is 38.0 Å². The van der Waals surface area contributed by atoms with Crippen LogP contribution in [0.15, 0.2) is 24.3 Å². The Morgan fingerprint density at radius 1 is 1.29 bits per heavy atom. The molecule has 10 heteroatoms. The van der Waals surface area contributed by atoms with Gasteiger partial charge >= 0.3 is 14.0 Å². The normalized spacial score (nSPS) is 29.1. The average molecular weight is 536 g/mol. The molecule has 0 amide bonds. The van der Waals surface area contributed by atoms with Crippen LogP contribution in [-0.2, 0) is 15.4 Å². The minimum Gasteiger partial charge on any atom is -0.300 e. The lowest BCUT2D eigenvalue weighted by molar-refractivity contribution is -1.09. The van der Waals surface area contributed by atoms with E-state index in [-0.39, 0.29) is 27.0 Å². The molecule has 1 aromatic carbocycles. The summed E-state index contributed by atoms with van der Waals surface area (Å²) in [5.74, 6) is -0.217. The molecule has 4 atom stereocenters. The minimum atomic E-state index is -4.75. The van der Waals surface area contributed by atoms with Crippen LogP contribution in [0.5, 0.6) is 0 Å². The molecule has 0 spiro atoms. The summed E-state index contributed by atoms with van der Waals surface area (Å²) in [6.45, 7) is 4.82. The number of hydroxylamine groups is 3. The number of halogens is 4. The summed E-state index contributed by atoms with van der Waals surface area (Å²) in [7, 11) is -4.75. The molecule has 1 heterocycles. The summed E-state index contributed by atoms with van der Waals surface area (Å²) in [5, 5.41) is 0. The van der Waals surface area contributed by atoms with E-state index < -0.39 is 19.6 Å². The van der Waals surface area contributed by atoms with Crippen LogP contribution in [0.4, 0.5) is 13.2 Å². The zero-order valence-corrected chi connectivity index (χ0v) is 19.0. The summed E-state index contributed by atoms with van der Waals surface area (Å²) in [4.78, 5) is 18.8. The molecule has 0 aromatic heterocycles. The number of likely N-dealkylation sites (tertiary alicyclic amines) is 1. The summed E-state index contributed by atoms with van der Waals surface area (Å²) < 4.78 is 56.1. The van der Waals surface area contributed by atoms with Crippen molar-refractivity contribution in [3.63, 3.8) is 0 Å². The Labute approximate surface area is 177 Å². The Morgan fingerprint density at radius 3 is 2.50 bits per heavy atom. The third kappa shape index (κ3) is 6.15. The number of rotatable bonds is 7. The highest BCUT2D eigenvalue weighted by atomic mass is 127. The van der Waals surface area contributed by atoms with Gasteiger partial charge in [0.05, 0.1) is 5.56 Å². The van der Waals surface area contributed by atoms with E-state index in [2.05, 4.69) is 29.5 Å². The number of benzene rings is 1. The zero-order chi connectivity index (χ0) is 21.2. The van der Waals surface area contributed by atoms with Gasteiger partial charge in [0, 0.05) is 15.8 Å². The monoisotopic (exact) mass is 536 g/mol. The minimum absolute atomic E-state index is 0.0470.